The van der Waals surface area contributed by atoms with Crippen molar-refractivity contribution in [2.75, 3.05) is 5.32 Å². The Kier molecular flexibility index (Phi) is 3.89. The summed E-state index contributed by atoms with van der Waals surface area (Å²) in [6, 6.07) is 12.0. The van der Waals surface area contributed by atoms with Gasteiger partial charge in [-0.1, -0.05) is 18.2 Å². The van der Waals surface area contributed by atoms with Gasteiger partial charge in [0.2, 0.25) is 0 Å². The van der Waals surface area contributed by atoms with Crippen LogP contribution in [0.5, 0.6) is 0 Å². The molecule has 3 rings (SSSR count). The molecule has 2 amide bonds. The Morgan fingerprint density at radius 1 is 1.22 bits per heavy atom. The average molecular weight is 311 g/mol. The van der Waals surface area contributed by atoms with Gasteiger partial charge >= 0.3 is 6.03 Å². The number of pyridine rings is 1. The summed E-state index contributed by atoms with van der Waals surface area (Å²) in [5.74, 6) is 0.655. The number of nitrogens with zero attached hydrogens (tertiary/aromatic N) is 1. The monoisotopic (exact) mass is 311 g/mol. The summed E-state index contributed by atoms with van der Waals surface area (Å²) < 4.78 is 7.12. The molecule has 1 unspecified atom stereocenters. The quantitative estimate of drug-likeness (QED) is 0.780. The van der Waals surface area contributed by atoms with E-state index in [1.54, 1.807) is 25.4 Å². The van der Waals surface area contributed by atoms with Gasteiger partial charge in [0.25, 0.3) is 5.56 Å². The second kappa shape index (κ2) is 6.00. The van der Waals surface area contributed by atoms with Crippen molar-refractivity contribution < 1.29 is 9.21 Å². The first kappa shape index (κ1) is 14.9. The SMILES string of the molecule is CC(NC(=O)Nc1cccn(C)c1=O)c1cc2ccccc2o1. The molecule has 2 heterocycles. The molecule has 1 aromatic carbocycles. The molecule has 0 radical (unpaired) electrons. The highest BCUT2D eigenvalue weighted by Crippen LogP contribution is 2.23. The van der Waals surface area contributed by atoms with E-state index in [-0.39, 0.29) is 17.3 Å². The Balaban J connectivity index is 1.72. The Morgan fingerprint density at radius 2 is 2.00 bits per heavy atom. The molecular formula is C17H17N3O3. The number of urea groups is 1. The Labute approximate surface area is 132 Å². The number of carbonyl (C=O) groups excluding carboxylic acids is 1. The van der Waals surface area contributed by atoms with Crippen molar-refractivity contribution in [2.45, 2.75) is 13.0 Å². The van der Waals surface area contributed by atoms with Crippen LogP contribution >= 0.6 is 0 Å². The number of hydrogen-bond acceptors (Lipinski definition) is 3. The van der Waals surface area contributed by atoms with Gasteiger partial charge in [0.15, 0.2) is 0 Å². The van der Waals surface area contributed by atoms with Crippen molar-refractivity contribution in [3.63, 3.8) is 0 Å². The maximum absolute atomic E-state index is 12.1. The average Bonchev–Trinajstić information content (AvgIpc) is 2.96. The van der Waals surface area contributed by atoms with Gasteiger partial charge in [-0.05, 0) is 31.2 Å². The summed E-state index contributed by atoms with van der Waals surface area (Å²) >= 11 is 0. The van der Waals surface area contributed by atoms with E-state index >= 15 is 0 Å². The van der Waals surface area contributed by atoms with Crippen LogP contribution < -0.4 is 16.2 Å². The minimum atomic E-state index is -0.457. The first-order valence-corrected chi connectivity index (χ1v) is 7.26. The van der Waals surface area contributed by atoms with Crippen LogP contribution in [0.4, 0.5) is 10.5 Å². The van der Waals surface area contributed by atoms with Crippen LogP contribution in [0.3, 0.4) is 0 Å². The fraction of sp³-hybridized carbons (Fsp3) is 0.176. The van der Waals surface area contributed by atoms with Crippen LogP contribution in [0.2, 0.25) is 0 Å². The Morgan fingerprint density at radius 3 is 2.78 bits per heavy atom. The van der Waals surface area contributed by atoms with E-state index < -0.39 is 6.03 Å². The zero-order chi connectivity index (χ0) is 16.4. The Hall–Kier alpha value is -3.02. The standard InChI is InChI=1S/C17H17N3O3/c1-11(15-10-12-6-3-4-8-14(12)23-15)18-17(22)19-13-7-5-9-20(2)16(13)21/h3-11H,1-2H3,(H2,18,19,22). The highest BCUT2D eigenvalue weighted by Gasteiger charge is 2.15. The van der Waals surface area contributed by atoms with E-state index in [0.717, 1.165) is 11.0 Å². The number of carbonyl (C=O) groups is 1. The van der Waals surface area contributed by atoms with Crippen molar-refractivity contribution in [1.82, 2.24) is 9.88 Å². The number of furan rings is 1. The summed E-state index contributed by atoms with van der Waals surface area (Å²) in [5.41, 5.74) is 0.733. The van der Waals surface area contributed by atoms with Crippen molar-refractivity contribution in [2.24, 2.45) is 7.05 Å². The molecule has 0 spiro atoms. The minimum absolute atomic E-state index is 0.226. The van der Waals surface area contributed by atoms with Gasteiger partial charge in [-0.15, -0.1) is 0 Å². The van der Waals surface area contributed by atoms with Crippen molar-refractivity contribution in [3.05, 3.63) is 64.8 Å². The molecule has 0 saturated carbocycles. The molecule has 1 atom stereocenters. The van der Waals surface area contributed by atoms with Crippen LogP contribution in [0.1, 0.15) is 18.7 Å². The summed E-state index contributed by atoms with van der Waals surface area (Å²) in [6.07, 6.45) is 1.63. The molecular weight excluding hydrogens is 294 g/mol. The first-order valence-electron chi connectivity index (χ1n) is 7.26. The number of nitrogens with one attached hydrogen (secondary N) is 2. The highest BCUT2D eigenvalue weighted by atomic mass is 16.3. The van der Waals surface area contributed by atoms with E-state index in [1.807, 2.05) is 37.3 Å². The molecule has 3 aromatic rings. The van der Waals surface area contributed by atoms with Gasteiger partial charge in [0, 0.05) is 18.6 Å². The molecule has 0 saturated heterocycles. The molecule has 6 nitrogen and oxygen atoms in total. The molecule has 23 heavy (non-hydrogen) atoms. The number of aryl methyl sites for hydroxylation is 1. The summed E-state index contributed by atoms with van der Waals surface area (Å²) in [4.78, 5) is 23.9. The third kappa shape index (κ3) is 3.11. The van der Waals surface area contributed by atoms with E-state index in [9.17, 15) is 9.59 Å². The summed E-state index contributed by atoms with van der Waals surface area (Å²) in [5, 5.41) is 6.30. The summed E-state index contributed by atoms with van der Waals surface area (Å²) in [7, 11) is 1.63. The number of aromatic nitrogens is 1. The molecule has 0 aliphatic carbocycles. The number of hydrogen-bond donors (Lipinski definition) is 2. The number of rotatable bonds is 3. The fourth-order valence-electron chi connectivity index (χ4n) is 2.33. The lowest BCUT2D eigenvalue weighted by Crippen LogP contribution is -2.33. The normalized spacial score (nSPS) is 12.1. The Bertz CT molecular complexity index is 878. The zero-order valence-corrected chi connectivity index (χ0v) is 12.9. The molecule has 2 N–H and O–H groups in total. The van der Waals surface area contributed by atoms with Gasteiger partial charge < -0.3 is 19.6 Å². The van der Waals surface area contributed by atoms with Crippen LogP contribution in [0, 0.1) is 0 Å². The van der Waals surface area contributed by atoms with Gasteiger partial charge in [-0.25, -0.2) is 4.79 Å². The third-order valence-electron chi connectivity index (χ3n) is 3.59. The third-order valence-corrected chi connectivity index (χ3v) is 3.59. The maximum Gasteiger partial charge on any atom is 0.319 e. The molecule has 118 valence electrons. The van der Waals surface area contributed by atoms with Crippen LogP contribution in [-0.2, 0) is 7.05 Å². The topological polar surface area (TPSA) is 76.3 Å². The van der Waals surface area contributed by atoms with E-state index in [0.29, 0.717) is 5.76 Å². The van der Waals surface area contributed by atoms with Crippen molar-refractivity contribution in [1.29, 1.82) is 0 Å². The van der Waals surface area contributed by atoms with E-state index in [1.165, 1.54) is 4.57 Å². The highest BCUT2D eigenvalue weighted by molar-refractivity contribution is 5.89. The molecule has 2 aromatic heterocycles. The lowest BCUT2D eigenvalue weighted by molar-refractivity contribution is 0.248. The van der Waals surface area contributed by atoms with Crippen molar-refractivity contribution >= 4 is 22.7 Å². The predicted molar refractivity (Wildman–Crippen MR) is 88.5 cm³/mol. The van der Waals surface area contributed by atoms with Crippen LogP contribution in [0.25, 0.3) is 11.0 Å². The lowest BCUT2D eigenvalue weighted by Gasteiger charge is -2.12. The van der Waals surface area contributed by atoms with Crippen LogP contribution in [0.15, 0.2) is 57.9 Å². The van der Waals surface area contributed by atoms with Gasteiger partial charge in [-0.2, -0.15) is 0 Å². The second-order valence-corrected chi connectivity index (χ2v) is 5.34. The summed E-state index contributed by atoms with van der Waals surface area (Å²) in [6.45, 7) is 1.82. The number of fused-ring (bicyclic) bond motifs is 1. The molecule has 0 aliphatic rings. The van der Waals surface area contributed by atoms with Gasteiger partial charge in [0.05, 0.1) is 6.04 Å². The van der Waals surface area contributed by atoms with Crippen molar-refractivity contribution in [3.8, 4) is 0 Å². The van der Waals surface area contributed by atoms with E-state index in [4.69, 9.17) is 4.42 Å². The molecule has 0 aliphatic heterocycles. The number of benzene rings is 1. The lowest BCUT2D eigenvalue weighted by atomic mass is 10.2. The smallest absolute Gasteiger partial charge is 0.319 e. The largest absolute Gasteiger partial charge is 0.459 e. The number of amides is 2. The second-order valence-electron chi connectivity index (χ2n) is 5.34. The molecule has 6 heteroatoms. The minimum Gasteiger partial charge on any atom is -0.459 e. The van der Waals surface area contributed by atoms with Gasteiger partial charge in [0.1, 0.15) is 17.0 Å². The van der Waals surface area contributed by atoms with Crippen LogP contribution in [-0.4, -0.2) is 10.6 Å². The van der Waals surface area contributed by atoms with E-state index in [2.05, 4.69) is 10.6 Å². The maximum atomic E-state index is 12.1. The molecule has 0 fully saturated rings. The first-order chi connectivity index (χ1) is 11.0. The number of anilines is 1. The predicted octanol–water partition coefficient (Wildman–Crippen LogP) is 3.01. The molecule has 0 bridgehead atoms. The number of para-hydroxylation sites is 1. The fourth-order valence-corrected chi connectivity index (χ4v) is 2.33. The van der Waals surface area contributed by atoms with Gasteiger partial charge in [-0.3, -0.25) is 4.79 Å². The zero-order valence-electron chi connectivity index (χ0n) is 12.9.